The van der Waals surface area contributed by atoms with E-state index in [0.29, 0.717) is 12.2 Å². The van der Waals surface area contributed by atoms with Gasteiger partial charge in [-0.25, -0.2) is 0 Å². The second kappa shape index (κ2) is 7.88. The number of hydrogen-bond donors (Lipinski definition) is 0. The SMILES string of the molecule is CN(C)CCOc1ccc(C#Cc2ccc(C#N)cc2)cc1. The Bertz CT molecular complexity index is 698. The van der Waals surface area contributed by atoms with Crippen molar-refractivity contribution >= 4 is 0 Å². The molecule has 0 bridgehead atoms. The van der Waals surface area contributed by atoms with E-state index in [1.54, 1.807) is 12.1 Å². The quantitative estimate of drug-likeness (QED) is 0.812. The van der Waals surface area contributed by atoms with Gasteiger partial charge in [-0.2, -0.15) is 5.26 Å². The number of hydrogen-bond acceptors (Lipinski definition) is 3. The van der Waals surface area contributed by atoms with Gasteiger partial charge in [-0.3, -0.25) is 0 Å². The van der Waals surface area contributed by atoms with Gasteiger partial charge in [-0.1, -0.05) is 11.8 Å². The van der Waals surface area contributed by atoms with E-state index in [-0.39, 0.29) is 0 Å². The maximum Gasteiger partial charge on any atom is 0.119 e. The molecule has 2 aromatic rings. The van der Waals surface area contributed by atoms with Crippen LogP contribution >= 0.6 is 0 Å². The summed E-state index contributed by atoms with van der Waals surface area (Å²) in [7, 11) is 4.04. The van der Waals surface area contributed by atoms with Gasteiger partial charge >= 0.3 is 0 Å². The molecule has 0 unspecified atom stereocenters. The van der Waals surface area contributed by atoms with Crippen molar-refractivity contribution in [2.75, 3.05) is 27.2 Å². The zero-order valence-electron chi connectivity index (χ0n) is 12.8. The normalized spacial score (nSPS) is 9.73. The summed E-state index contributed by atoms with van der Waals surface area (Å²) in [6.07, 6.45) is 0. The molecule has 0 amide bonds. The third-order valence-corrected chi connectivity index (χ3v) is 3.03. The molecule has 0 aromatic heterocycles. The molecule has 0 saturated carbocycles. The second-order valence-corrected chi connectivity index (χ2v) is 5.12. The van der Waals surface area contributed by atoms with E-state index in [9.17, 15) is 0 Å². The highest BCUT2D eigenvalue weighted by Gasteiger charge is 1.95. The summed E-state index contributed by atoms with van der Waals surface area (Å²) in [5.74, 6) is 7.04. The van der Waals surface area contributed by atoms with Crippen molar-refractivity contribution in [2.45, 2.75) is 0 Å². The first-order valence-corrected chi connectivity index (χ1v) is 7.07. The molecule has 0 atom stereocenters. The van der Waals surface area contributed by atoms with E-state index in [2.05, 4.69) is 22.8 Å². The molecule has 0 aliphatic carbocycles. The Morgan fingerprint density at radius 3 is 1.86 bits per heavy atom. The van der Waals surface area contributed by atoms with E-state index in [1.807, 2.05) is 50.5 Å². The lowest BCUT2D eigenvalue weighted by molar-refractivity contribution is 0.261. The minimum atomic E-state index is 0.643. The van der Waals surface area contributed by atoms with Crippen LogP contribution in [0.3, 0.4) is 0 Å². The van der Waals surface area contributed by atoms with Crippen LogP contribution in [0.15, 0.2) is 48.5 Å². The topological polar surface area (TPSA) is 36.3 Å². The molecule has 3 nitrogen and oxygen atoms in total. The molecule has 0 heterocycles. The molecule has 0 spiro atoms. The van der Waals surface area contributed by atoms with Crippen molar-refractivity contribution in [3.8, 4) is 23.7 Å². The molecule has 0 aliphatic rings. The number of rotatable bonds is 4. The van der Waals surface area contributed by atoms with Gasteiger partial charge < -0.3 is 9.64 Å². The van der Waals surface area contributed by atoms with Crippen LogP contribution in [0, 0.1) is 23.2 Å². The van der Waals surface area contributed by atoms with Crippen LogP contribution in [0.4, 0.5) is 0 Å². The van der Waals surface area contributed by atoms with E-state index in [0.717, 1.165) is 23.4 Å². The lowest BCUT2D eigenvalue weighted by Crippen LogP contribution is -2.19. The summed E-state index contributed by atoms with van der Waals surface area (Å²) in [4.78, 5) is 2.08. The maximum atomic E-state index is 8.75. The second-order valence-electron chi connectivity index (χ2n) is 5.12. The molecular weight excluding hydrogens is 272 g/mol. The Balaban J connectivity index is 1.96. The van der Waals surface area contributed by atoms with Crippen LogP contribution in [0.25, 0.3) is 0 Å². The fourth-order valence-electron chi connectivity index (χ4n) is 1.75. The van der Waals surface area contributed by atoms with Crippen molar-refractivity contribution in [1.29, 1.82) is 5.26 Å². The number of nitrogens with zero attached hydrogens (tertiary/aromatic N) is 2. The molecule has 0 aliphatic heterocycles. The largest absolute Gasteiger partial charge is 0.492 e. The number of ether oxygens (including phenoxy) is 1. The third kappa shape index (κ3) is 4.98. The van der Waals surface area contributed by atoms with E-state index in [1.165, 1.54) is 0 Å². The van der Waals surface area contributed by atoms with Crippen LogP contribution in [0.2, 0.25) is 0 Å². The van der Waals surface area contributed by atoms with Crippen molar-refractivity contribution in [2.24, 2.45) is 0 Å². The fraction of sp³-hybridized carbons (Fsp3) is 0.211. The minimum absolute atomic E-state index is 0.643. The van der Waals surface area contributed by atoms with Crippen molar-refractivity contribution in [3.63, 3.8) is 0 Å². The Hall–Kier alpha value is -2.75. The third-order valence-electron chi connectivity index (χ3n) is 3.03. The van der Waals surface area contributed by atoms with Crippen LogP contribution in [-0.2, 0) is 0 Å². The molecule has 110 valence electrons. The molecule has 3 heteroatoms. The van der Waals surface area contributed by atoms with Gasteiger partial charge in [-0.05, 0) is 62.6 Å². The predicted molar refractivity (Wildman–Crippen MR) is 87.6 cm³/mol. The zero-order valence-corrected chi connectivity index (χ0v) is 12.8. The lowest BCUT2D eigenvalue weighted by atomic mass is 10.1. The summed E-state index contributed by atoms with van der Waals surface area (Å²) in [5.41, 5.74) is 2.47. The Kier molecular flexibility index (Phi) is 5.60. The van der Waals surface area contributed by atoms with Crippen LogP contribution in [-0.4, -0.2) is 32.1 Å². The average molecular weight is 290 g/mol. The predicted octanol–water partition coefficient (Wildman–Crippen LogP) is 2.90. The smallest absolute Gasteiger partial charge is 0.119 e. The van der Waals surface area contributed by atoms with Gasteiger partial charge in [0, 0.05) is 17.7 Å². The average Bonchev–Trinajstić information content (AvgIpc) is 2.54. The maximum absolute atomic E-state index is 8.75. The highest BCUT2D eigenvalue weighted by Crippen LogP contribution is 2.11. The summed E-state index contributed by atoms with van der Waals surface area (Å²) >= 11 is 0. The van der Waals surface area contributed by atoms with Gasteiger partial charge in [0.15, 0.2) is 0 Å². The highest BCUT2D eigenvalue weighted by atomic mass is 16.5. The van der Waals surface area contributed by atoms with Gasteiger partial charge in [0.1, 0.15) is 12.4 Å². The summed E-state index contributed by atoms with van der Waals surface area (Å²) < 4.78 is 5.64. The van der Waals surface area contributed by atoms with E-state index < -0.39 is 0 Å². The van der Waals surface area contributed by atoms with Gasteiger partial charge in [-0.15, -0.1) is 0 Å². The summed E-state index contributed by atoms with van der Waals surface area (Å²) in [6.45, 7) is 1.56. The van der Waals surface area contributed by atoms with Crippen LogP contribution in [0.1, 0.15) is 16.7 Å². The van der Waals surface area contributed by atoms with E-state index in [4.69, 9.17) is 10.00 Å². The first-order chi connectivity index (χ1) is 10.7. The van der Waals surface area contributed by atoms with Gasteiger partial charge in [0.2, 0.25) is 0 Å². The molecule has 2 aromatic carbocycles. The molecular formula is C19H18N2O. The van der Waals surface area contributed by atoms with Crippen LogP contribution < -0.4 is 4.74 Å². The monoisotopic (exact) mass is 290 g/mol. The molecule has 22 heavy (non-hydrogen) atoms. The van der Waals surface area contributed by atoms with Gasteiger partial charge in [0.25, 0.3) is 0 Å². The fourth-order valence-corrected chi connectivity index (χ4v) is 1.75. The summed E-state index contributed by atoms with van der Waals surface area (Å²) in [5, 5.41) is 8.75. The van der Waals surface area contributed by atoms with Crippen molar-refractivity contribution in [3.05, 3.63) is 65.2 Å². The standard InChI is InChI=1S/C19H18N2O/c1-21(2)13-14-22-19-11-9-17(10-12-19)4-3-16-5-7-18(15-20)8-6-16/h5-12H,13-14H2,1-2H3. The summed E-state index contributed by atoms with van der Waals surface area (Å²) in [6, 6.07) is 17.1. The number of nitriles is 1. The highest BCUT2D eigenvalue weighted by molar-refractivity contribution is 5.45. The van der Waals surface area contributed by atoms with Crippen molar-refractivity contribution in [1.82, 2.24) is 4.90 Å². The minimum Gasteiger partial charge on any atom is -0.492 e. The molecule has 0 N–H and O–H groups in total. The number of benzene rings is 2. The van der Waals surface area contributed by atoms with Crippen LogP contribution in [0.5, 0.6) is 5.75 Å². The molecule has 2 rings (SSSR count). The Labute approximate surface area is 131 Å². The first-order valence-electron chi connectivity index (χ1n) is 7.07. The Morgan fingerprint density at radius 1 is 0.864 bits per heavy atom. The lowest BCUT2D eigenvalue weighted by Gasteiger charge is -2.10. The number of likely N-dealkylation sites (N-methyl/N-ethyl adjacent to an activating group) is 1. The zero-order chi connectivity index (χ0) is 15.8. The molecule has 0 saturated heterocycles. The van der Waals surface area contributed by atoms with Crippen molar-refractivity contribution < 1.29 is 4.74 Å². The van der Waals surface area contributed by atoms with Gasteiger partial charge in [0.05, 0.1) is 11.6 Å². The molecule has 0 fully saturated rings. The first kappa shape index (κ1) is 15.6. The Morgan fingerprint density at radius 2 is 1.36 bits per heavy atom. The molecule has 0 radical (unpaired) electrons. The van der Waals surface area contributed by atoms with E-state index >= 15 is 0 Å².